The Hall–Kier alpha value is -2.88. The molecule has 4 heteroatoms. The summed E-state index contributed by atoms with van der Waals surface area (Å²) < 4.78 is 5.13. The number of amides is 1. The highest BCUT2D eigenvalue weighted by Crippen LogP contribution is 2.22. The minimum Gasteiger partial charge on any atom is -0.465 e. The third kappa shape index (κ3) is 2.59. The molecule has 1 N–H and O–H groups in total. The largest absolute Gasteiger partial charge is 0.465 e. The minimum absolute atomic E-state index is 0.203. The fraction of sp³-hybridized carbons (Fsp3) is 0. The van der Waals surface area contributed by atoms with Gasteiger partial charge in [-0.1, -0.05) is 12.1 Å². The van der Waals surface area contributed by atoms with Crippen LogP contribution in [0.1, 0.15) is 5.76 Å². The van der Waals surface area contributed by atoms with Gasteiger partial charge in [-0.2, -0.15) is 0 Å². The maximum Gasteiger partial charge on any atom is 0.248 e. The Bertz CT molecular complexity index is 756. The van der Waals surface area contributed by atoms with E-state index < -0.39 is 0 Å². The first-order valence-electron chi connectivity index (χ1n) is 6.18. The van der Waals surface area contributed by atoms with E-state index in [0.717, 1.165) is 16.5 Å². The van der Waals surface area contributed by atoms with Crippen LogP contribution in [0.25, 0.3) is 16.8 Å². The van der Waals surface area contributed by atoms with Crippen LogP contribution in [0.5, 0.6) is 0 Å². The fourth-order valence-corrected chi connectivity index (χ4v) is 1.95. The molecule has 3 aromatic rings. The van der Waals surface area contributed by atoms with Crippen LogP contribution < -0.4 is 5.32 Å². The fourth-order valence-electron chi connectivity index (χ4n) is 1.95. The number of furan rings is 1. The second kappa shape index (κ2) is 5.40. The molecule has 3 rings (SSSR count). The van der Waals surface area contributed by atoms with E-state index in [-0.39, 0.29) is 5.91 Å². The van der Waals surface area contributed by atoms with Crippen molar-refractivity contribution in [1.82, 2.24) is 4.98 Å². The van der Waals surface area contributed by atoms with Gasteiger partial charge in [0.05, 0.1) is 6.26 Å². The van der Waals surface area contributed by atoms with Gasteiger partial charge in [0, 0.05) is 34.9 Å². The number of aromatic nitrogens is 1. The lowest BCUT2D eigenvalue weighted by Gasteiger charge is -2.06. The lowest BCUT2D eigenvalue weighted by atomic mass is 10.1. The first kappa shape index (κ1) is 12.2. The van der Waals surface area contributed by atoms with Crippen molar-refractivity contribution in [2.45, 2.75) is 0 Å². The van der Waals surface area contributed by atoms with E-state index in [4.69, 9.17) is 4.42 Å². The molecular formula is C16H12N2O2. The first-order chi connectivity index (χ1) is 9.83. The van der Waals surface area contributed by atoms with E-state index in [9.17, 15) is 4.79 Å². The van der Waals surface area contributed by atoms with Crippen LogP contribution in [0, 0.1) is 0 Å². The van der Waals surface area contributed by atoms with Crippen molar-refractivity contribution in [3.63, 3.8) is 0 Å². The Labute approximate surface area is 115 Å². The standard InChI is InChI=1S/C16H12N2O2/c19-16(7-6-13-4-2-10-20-13)18-15-5-1-3-12-11-17-9-8-14(12)15/h1-11H,(H,18,19)/b7-6+. The highest BCUT2D eigenvalue weighted by Gasteiger charge is 2.03. The van der Waals surface area contributed by atoms with Crippen molar-refractivity contribution in [1.29, 1.82) is 0 Å². The van der Waals surface area contributed by atoms with Gasteiger partial charge in [0.1, 0.15) is 5.76 Å². The van der Waals surface area contributed by atoms with Crippen molar-refractivity contribution >= 4 is 28.4 Å². The van der Waals surface area contributed by atoms with Crippen LogP contribution in [0.2, 0.25) is 0 Å². The molecular weight excluding hydrogens is 252 g/mol. The van der Waals surface area contributed by atoms with Crippen molar-refractivity contribution < 1.29 is 9.21 Å². The number of rotatable bonds is 3. The molecule has 0 aliphatic rings. The number of nitrogens with zero attached hydrogens (tertiary/aromatic N) is 1. The molecule has 2 heterocycles. The van der Waals surface area contributed by atoms with Gasteiger partial charge >= 0.3 is 0 Å². The second-order valence-corrected chi connectivity index (χ2v) is 4.24. The van der Waals surface area contributed by atoms with E-state index in [1.165, 1.54) is 6.08 Å². The van der Waals surface area contributed by atoms with Crippen LogP contribution in [0.15, 0.2) is 65.5 Å². The number of anilines is 1. The third-order valence-corrected chi connectivity index (χ3v) is 2.88. The number of hydrogen-bond donors (Lipinski definition) is 1. The van der Waals surface area contributed by atoms with Gasteiger partial charge in [-0.15, -0.1) is 0 Å². The summed E-state index contributed by atoms with van der Waals surface area (Å²) in [6.45, 7) is 0. The van der Waals surface area contributed by atoms with E-state index in [1.807, 2.05) is 24.3 Å². The Balaban J connectivity index is 1.81. The molecule has 0 fully saturated rings. The highest BCUT2D eigenvalue weighted by atomic mass is 16.3. The number of hydrogen-bond acceptors (Lipinski definition) is 3. The molecule has 0 aliphatic carbocycles. The predicted molar refractivity (Wildman–Crippen MR) is 78.1 cm³/mol. The zero-order chi connectivity index (χ0) is 13.8. The van der Waals surface area contributed by atoms with Crippen LogP contribution in [-0.4, -0.2) is 10.9 Å². The van der Waals surface area contributed by atoms with Gasteiger partial charge < -0.3 is 9.73 Å². The summed E-state index contributed by atoms with van der Waals surface area (Å²) in [6, 6.07) is 11.1. The maximum atomic E-state index is 11.9. The molecule has 0 aliphatic heterocycles. The number of fused-ring (bicyclic) bond motifs is 1. The Morgan fingerprint density at radius 2 is 2.15 bits per heavy atom. The Morgan fingerprint density at radius 3 is 3.00 bits per heavy atom. The monoisotopic (exact) mass is 264 g/mol. The summed E-state index contributed by atoms with van der Waals surface area (Å²) in [5.41, 5.74) is 0.763. The molecule has 0 saturated carbocycles. The summed E-state index contributed by atoms with van der Waals surface area (Å²) >= 11 is 0. The van der Waals surface area contributed by atoms with E-state index in [1.54, 1.807) is 36.9 Å². The van der Waals surface area contributed by atoms with Gasteiger partial charge in [0.2, 0.25) is 5.91 Å². The van der Waals surface area contributed by atoms with Gasteiger partial charge in [-0.05, 0) is 30.3 Å². The average Bonchev–Trinajstić information content (AvgIpc) is 2.99. The van der Waals surface area contributed by atoms with Crippen molar-refractivity contribution in [2.75, 3.05) is 5.32 Å². The molecule has 0 saturated heterocycles. The molecule has 1 aromatic carbocycles. The van der Waals surface area contributed by atoms with E-state index >= 15 is 0 Å². The molecule has 2 aromatic heterocycles. The highest BCUT2D eigenvalue weighted by molar-refractivity contribution is 6.07. The third-order valence-electron chi connectivity index (χ3n) is 2.88. The number of benzene rings is 1. The molecule has 0 atom stereocenters. The first-order valence-corrected chi connectivity index (χ1v) is 6.18. The van der Waals surface area contributed by atoms with Crippen molar-refractivity contribution in [3.8, 4) is 0 Å². The summed E-state index contributed by atoms with van der Waals surface area (Å²) in [7, 11) is 0. The molecule has 0 bridgehead atoms. The average molecular weight is 264 g/mol. The minimum atomic E-state index is -0.203. The van der Waals surface area contributed by atoms with E-state index in [0.29, 0.717) is 5.76 Å². The zero-order valence-electron chi connectivity index (χ0n) is 10.6. The normalized spacial score (nSPS) is 11.0. The van der Waals surface area contributed by atoms with Crippen LogP contribution >= 0.6 is 0 Å². The molecule has 98 valence electrons. The molecule has 0 spiro atoms. The van der Waals surface area contributed by atoms with Crippen LogP contribution in [0.4, 0.5) is 5.69 Å². The summed E-state index contributed by atoms with van der Waals surface area (Å²) in [5, 5.41) is 4.80. The summed E-state index contributed by atoms with van der Waals surface area (Å²) in [4.78, 5) is 16.0. The molecule has 0 radical (unpaired) electrons. The second-order valence-electron chi connectivity index (χ2n) is 4.24. The van der Waals surface area contributed by atoms with Gasteiger partial charge in [0.25, 0.3) is 0 Å². The summed E-state index contributed by atoms with van der Waals surface area (Å²) in [6.07, 6.45) is 8.11. The van der Waals surface area contributed by atoms with E-state index in [2.05, 4.69) is 10.3 Å². The number of nitrogens with one attached hydrogen (secondary N) is 1. The van der Waals surface area contributed by atoms with Gasteiger partial charge in [-0.3, -0.25) is 9.78 Å². The number of pyridine rings is 1. The van der Waals surface area contributed by atoms with Crippen molar-refractivity contribution in [3.05, 3.63) is 66.9 Å². The molecule has 4 nitrogen and oxygen atoms in total. The lowest BCUT2D eigenvalue weighted by Crippen LogP contribution is -2.07. The Kier molecular flexibility index (Phi) is 3.29. The smallest absolute Gasteiger partial charge is 0.248 e. The number of carbonyl (C=O) groups is 1. The lowest BCUT2D eigenvalue weighted by molar-refractivity contribution is -0.111. The van der Waals surface area contributed by atoms with Crippen LogP contribution in [-0.2, 0) is 4.79 Å². The van der Waals surface area contributed by atoms with Crippen molar-refractivity contribution in [2.24, 2.45) is 0 Å². The summed E-state index contributed by atoms with van der Waals surface area (Å²) in [5.74, 6) is 0.438. The number of carbonyl (C=O) groups excluding carboxylic acids is 1. The topological polar surface area (TPSA) is 55.1 Å². The SMILES string of the molecule is O=C(/C=C/c1ccco1)Nc1cccc2cnccc12. The maximum absolute atomic E-state index is 11.9. The van der Waals surface area contributed by atoms with Gasteiger partial charge in [-0.25, -0.2) is 0 Å². The Morgan fingerprint density at radius 1 is 1.20 bits per heavy atom. The zero-order valence-corrected chi connectivity index (χ0v) is 10.6. The predicted octanol–water partition coefficient (Wildman–Crippen LogP) is 3.48. The quantitative estimate of drug-likeness (QED) is 0.737. The molecule has 1 amide bonds. The van der Waals surface area contributed by atoms with Crippen LogP contribution in [0.3, 0.4) is 0 Å². The van der Waals surface area contributed by atoms with Gasteiger partial charge in [0.15, 0.2) is 0 Å². The molecule has 20 heavy (non-hydrogen) atoms. The molecule has 0 unspecified atom stereocenters.